The summed E-state index contributed by atoms with van der Waals surface area (Å²) in [5.74, 6) is -0.869. The Labute approximate surface area is 110 Å². The molecule has 0 saturated carbocycles. The molecule has 0 aliphatic heterocycles. The third-order valence-corrected chi connectivity index (χ3v) is 2.71. The lowest BCUT2D eigenvalue weighted by Crippen LogP contribution is -2.12. The summed E-state index contributed by atoms with van der Waals surface area (Å²) < 4.78 is 0. The summed E-state index contributed by atoms with van der Waals surface area (Å²) >= 11 is 0. The Balaban J connectivity index is 2.26. The van der Waals surface area contributed by atoms with Crippen molar-refractivity contribution in [1.29, 1.82) is 0 Å². The Morgan fingerprint density at radius 2 is 2.26 bits per heavy atom. The molecule has 98 valence electrons. The van der Waals surface area contributed by atoms with Gasteiger partial charge in [-0.25, -0.2) is 9.78 Å². The molecule has 0 aliphatic carbocycles. The Hall–Kier alpha value is -2.63. The first-order valence-corrected chi connectivity index (χ1v) is 5.73. The summed E-state index contributed by atoms with van der Waals surface area (Å²) in [4.78, 5) is 19.1. The second kappa shape index (κ2) is 5.34. The third-order valence-electron chi connectivity index (χ3n) is 2.71. The standard InChI is InChI=1S/C13H14N4O2/c1-8(9-3-2-4-15-6-9)17-11-7-16-12(14)5-10(11)13(18)19/h2-8,17H,1H3,(H2,14,16)(H,18,19). The van der Waals surface area contributed by atoms with E-state index < -0.39 is 5.97 Å². The molecule has 1 unspecified atom stereocenters. The highest BCUT2D eigenvalue weighted by atomic mass is 16.4. The second-order valence-electron chi connectivity index (χ2n) is 4.11. The Morgan fingerprint density at radius 1 is 1.47 bits per heavy atom. The van der Waals surface area contributed by atoms with Gasteiger partial charge in [-0.05, 0) is 24.6 Å². The molecule has 0 spiro atoms. The molecule has 2 rings (SSSR count). The molecule has 0 radical (unpaired) electrons. The highest BCUT2D eigenvalue weighted by Gasteiger charge is 2.14. The maximum atomic E-state index is 11.2. The smallest absolute Gasteiger partial charge is 0.337 e. The molecule has 0 saturated heterocycles. The average Bonchev–Trinajstić information content (AvgIpc) is 2.41. The second-order valence-corrected chi connectivity index (χ2v) is 4.11. The van der Waals surface area contributed by atoms with Gasteiger partial charge in [0.05, 0.1) is 23.5 Å². The maximum absolute atomic E-state index is 11.2. The number of nitrogens with two attached hydrogens (primary N) is 1. The van der Waals surface area contributed by atoms with Crippen LogP contribution in [0.4, 0.5) is 11.5 Å². The van der Waals surface area contributed by atoms with Crippen molar-refractivity contribution >= 4 is 17.5 Å². The lowest BCUT2D eigenvalue weighted by Gasteiger charge is -2.16. The van der Waals surface area contributed by atoms with E-state index in [-0.39, 0.29) is 17.4 Å². The van der Waals surface area contributed by atoms with Gasteiger partial charge in [0.15, 0.2) is 0 Å². The number of carboxylic acids is 1. The van der Waals surface area contributed by atoms with Gasteiger partial charge < -0.3 is 16.2 Å². The first kappa shape index (κ1) is 12.8. The van der Waals surface area contributed by atoms with E-state index >= 15 is 0 Å². The van der Waals surface area contributed by atoms with Crippen LogP contribution in [0, 0.1) is 0 Å². The van der Waals surface area contributed by atoms with Gasteiger partial charge in [-0.2, -0.15) is 0 Å². The van der Waals surface area contributed by atoms with Crippen molar-refractivity contribution in [2.24, 2.45) is 0 Å². The zero-order valence-corrected chi connectivity index (χ0v) is 10.4. The molecule has 2 aromatic heterocycles. The molecule has 2 heterocycles. The summed E-state index contributed by atoms with van der Waals surface area (Å²) in [7, 11) is 0. The van der Waals surface area contributed by atoms with Crippen molar-refractivity contribution in [3.63, 3.8) is 0 Å². The molecule has 0 bridgehead atoms. The Kier molecular flexibility index (Phi) is 3.61. The van der Waals surface area contributed by atoms with E-state index in [0.717, 1.165) is 5.56 Å². The molecule has 6 heteroatoms. The molecule has 0 aliphatic rings. The van der Waals surface area contributed by atoms with Crippen LogP contribution in [-0.2, 0) is 0 Å². The van der Waals surface area contributed by atoms with Gasteiger partial charge in [0.2, 0.25) is 0 Å². The summed E-state index contributed by atoms with van der Waals surface area (Å²) in [5, 5.41) is 12.2. The number of carboxylic acid groups (broad SMARTS) is 1. The molecule has 19 heavy (non-hydrogen) atoms. The highest BCUT2D eigenvalue weighted by molar-refractivity contribution is 5.94. The largest absolute Gasteiger partial charge is 0.478 e. The predicted molar refractivity (Wildman–Crippen MR) is 71.9 cm³/mol. The Bertz CT molecular complexity index is 586. The zero-order valence-electron chi connectivity index (χ0n) is 10.4. The van der Waals surface area contributed by atoms with Crippen LogP contribution in [0.1, 0.15) is 28.9 Å². The van der Waals surface area contributed by atoms with E-state index in [0.29, 0.717) is 5.69 Å². The lowest BCUT2D eigenvalue weighted by molar-refractivity contribution is 0.0698. The molecule has 2 aromatic rings. The van der Waals surface area contributed by atoms with Gasteiger partial charge in [-0.1, -0.05) is 6.07 Å². The number of aromatic carboxylic acids is 1. The molecular weight excluding hydrogens is 244 g/mol. The fourth-order valence-corrected chi connectivity index (χ4v) is 1.71. The summed E-state index contributed by atoms with van der Waals surface area (Å²) in [5.41, 5.74) is 6.98. The molecule has 0 fully saturated rings. The molecule has 0 aromatic carbocycles. The van der Waals surface area contributed by atoms with E-state index in [9.17, 15) is 4.79 Å². The van der Waals surface area contributed by atoms with Crippen LogP contribution in [0.2, 0.25) is 0 Å². The number of anilines is 2. The van der Waals surface area contributed by atoms with Crippen LogP contribution in [0.3, 0.4) is 0 Å². The molecule has 6 nitrogen and oxygen atoms in total. The van der Waals surface area contributed by atoms with Crippen molar-refractivity contribution in [2.45, 2.75) is 13.0 Å². The minimum absolute atomic E-state index is 0.0859. The molecule has 4 N–H and O–H groups in total. The van der Waals surface area contributed by atoms with Crippen molar-refractivity contribution in [1.82, 2.24) is 9.97 Å². The first-order valence-electron chi connectivity index (χ1n) is 5.73. The number of aromatic nitrogens is 2. The minimum Gasteiger partial charge on any atom is -0.478 e. The summed E-state index contributed by atoms with van der Waals surface area (Å²) in [6.45, 7) is 1.92. The van der Waals surface area contributed by atoms with Gasteiger partial charge in [0, 0.05) is 12.4 Å². The first-order chi connectivity index (χ1) is 9.08. The van der Waals surface area contributed by atoms with Crippen LogP contribution in [-0.4, -0.2) is 21.0 Å². The molecule has 0 amide bonds. The number of rotatable bonds is 4. The number of hydrogen-bond acceptors (Lipinski definition) is 5. The zero-order chi connectivity index (χ0) is 13.8. The van der Waals surface area contributed by atoms with Crippen molar-refractivity contribution in [3.8, 4) is 0 Å². The minimum atomic E-state index is -1.05. The number of nitrogens with zero attached hydrogens (tertiary/aromatic N) is 2. The number of nitrogens with one attached hydrogen (secondary N) is 1. The maximum Gasteiger partial charge on any atom is 0.337 e. The fraction of sp³-hybridized carbons (Fsp3) is 0.154. The van der Waals surface area contributed by atoms with Gasteiger partial charge in [0.25, 0.3) is 0 Å². The molecule has 1 atom stereocenters. The fourth-order valence-electron chi connectivity index (χ4n) is 1.71. The van der Waals surface area contributed by atoms with E-state index in [2.05, 4.69) is 15.3 Å². The van der Waals surface area contributed by atoms with Crippen molar-refractivity contribution in [3.05, 3.63) is 47.9 Å². The number of pyridine rings is 2. The average molecular weight is 258 g/mol. The summed E-state index contributed by atoms with van der Waals surface area (Å²) in [6, 6.07) is 4.99. The van der Waals surface area contributed by atoms with Gasteiger partial charge in [0.1, 0.15) is 5.82 Å². The van der Waals surface area contributed by atoms with Crippen LogP contribution in [0.5, 0.6) is 0 Å². The van der Waals surface area contributed by atoms with Crippen molar-refractivity contribution < 1.29 is 9.90 Å². The highest BCUT2D eigenvalue weighted by Crippen LogP contribution is 2.22. The number of carbonyl (C=O) groups is 1. The molecular formula is C13H14N4O2. The van der Waals surface area contributed by atoms with E-state index in [4.69, 9.17) is 10.8 Å². The van der Waals surface area contributed by atoms with E-state index in [1.165, 1.54) is 12.3 Å². The quantitative estimate of drug-likeness (QED) is 0.774. The number of nitrogen functional groups attached to an aromatic ring is 1. The van der Waals surface area contributed by atoms with Gasteiger partial charge in [-0.3, -0.25) is 4.98 Å². The van der Waals surface area contributed by atoms with Crippen molar-refractivity contribution in [2.75, 3.05) is 11.1 Å². The SMILES string of the molecule is CC(Nc1cnc(N)cc1C(=O)O)c1cccnc1. The van der Waals surface area contributed by atoms with Gasteiger partial charge >= 0.3 is 5.97 Å². The lowest BCUT2D eigenvalue weighted by atomic mass is 10.1. The third kappa shape index (κ3) is 2.98. The predicted octanol–water partition coefficient (Wildman–Crippen LogP) is 1.93. The normalized spacial score (nSPS) is 11.8. The Morgan fingerprint density at radius 3 is 2.89 bits per heavy atom. The van der Waals surface area contributed by atoms with Crippen LogP contribution in [0.25, 0.3) is 0 Å². The summed E-state index contributed by atoms with van der Waals surface area (Å²) in [6.07, 6.45) is 4.83. The monoisotopic (exact) mass is 258 g/mol. The van der Waals surface area contributed by atoms with Crippen LogP contribution in [0.15, 0.2) is 36.8 Å². The number of hydrogen-bond donors (Lipinski definition) is 3. The van der Waals surface area contributed by atoms with Crippen LogP contribution >= 0.6 is 0 Å². The van der Waals surface area contributed by atoms with Crippen LogP contribution < -0.4 is 11.1 Å². The van der Waals surface area contributed by atoms with E-state index in [1.807, 2.05) is 19.1 Å². The topological polar surface area (TPSA) is 101 Å². The van der Waals surface area contributed by atoms with Gasteiger partial charge in [-0.15, -0.1) is 0 Å². The van der Waals surface area contributed by atoms with E-state index in [1.54, 1.807) is 12.4 Å².